The summed E-state index contributed by atoms with van der Waals surface area (Å²) in [5.41, 5.74) is 10.1. The predicted octanol–water partition coefficient (Wildman–Crippen LogP) is 11.0. The smallest absolute Gasteiger partial charge is 0.134 e. The minimum atomic E-state index is 0.0118. The van der Waals surface area contributed by atoms with Crippen LogP contribution in [0.4, 0.5) is 0 Å². The molecule has 9 rings (SSSR count). The van der Waals surface area contributed by atoms with Gasteiger partial charge in [-0.05, 0) is 79.9 Å². The molecule has 1 N–H and O–H groups in total. The molecule has 0 aliphatic carbocycles. The summed E-state index contributed by atoms with van der Waals surface area (Å²) in [6, 6.07) is 58.1. The van der Waals surface area contributed by atoms with Gasteiger partial charge in [-0.15, -0.1) is 0 Å². The molecule has 48 heavy (non-hydrogen) atoms. The Bertz CT molecular complexity index is 2500. The van der Waals surface area contributed by atoms with E-state index in [2.05, 4.69) is 163 Å². The monoisotopic (exact) mass is 613 g/mol. The van der Waals surface area contributed by atoms with Crippen molar-refractivity contribution < 1.29 is 0 Å². The summed E-state index contributed by atoms with van der Waals surface area (Å²) >= 11 is 0. The molecule has 1 unspecified atom stereocenters. The first kappa shape index (κ1) is 27.9. The van der Waals surface area contributed by atoms with Crippen LogP contribution in [0, 0.1) is 0 Å². The van der Waals surface area contributed by atoms with Crippen LogP contribution in [0.25, 0.3) is 60.4 Å². The summed E-state index contributed by atoms with van der Waals surface area (Å²) in [6.07, 6.45) is 4.10. The summed E-state index contributed by atoms with van der Waals surface area (Å²) in [5.74, 6) is 0.867. The van der Waals surface area contributed by atoms with Crippen LogP contribution < -0.4 is 5.32 Å². The zero-order chi connectivity index (χ0) is 31.9. The molecule has 0 spiro atoms. The molecule has 8 aromatic rings. The van der Waals surface area contributed by atoms with Crippen molar-refractivity contribution >= 4 is 44.0 Å². The van der Waals surface area contributed by atoms with Crippen LogP contribution >= 0.6 is 0 Å². The Kier molecular flexibility index (Phi) is 6.87. The van der Waals surface area contributed by atoms with E-state index in [-0.39, 0.29) is 6.04 Å². The number of aliphatic imine (C=N–C) groups is 1. The van der Waals surface area contributed by atoms with Crippen molar-refractivity contribution in [2.45, 2.75) is 6.04 Å². The fourth-order valence-corrected chi connectivity index (χ4v) is 6.96. The molecule has 1 aromatic heterocycles. The quantitative estimate of drug-likeness (QED) is 0.196. The van der Waals surface area contributed by atoms with Gasteiger partial charge in [0, 0.05) is 22.5 Å². The highest BCUT2D eigenvalue weighted by atomic mass is 15.0. The molecule has 7 aromatic carbocycles. The molecule has 1 aliphatic heterocycles. The fourth-order valence-electron chi connectivity index (χ4n) is 6.96. The minimum absolute atomic E-state index is 0.0118. The highest BCUT2D eigenvalue weighted by Gasteiger charge is 2.20. The van der Waals surface area contributed by atoms with Crippen molar-refractivity contribution in [3.8, 4) is 22.3 Å². The Morgan fingerprint density at radius 3 is 1.73 bits per heavy atom. The average molecular weight is 614 g/mol. The number of amidine groups is 1. The number of fused-ring (bicyclic) bond motifs is 6. The van der Waals surface area contributed by atoms with Gasteiger partial charge in [0.2, 0.25) is 0 Å². The Morgan fingerprint density at radius 2 is 0.979 bits per heavy atom. The highest BCUT2D eigenvalue weighted by Crippen LogP contribution is 2.37. The summed E-state index contributed by atoms with van der Waals surface area (Å²) in [7, 11) is 0. The molecule has 1 atom stereocenters. The minimum Gasteiger partial charge on any atom is -0.359 e. The number of pyridine rings is 1. The Labute approximate surface area is 279 Å². The maximum atomic E-state index is 5.14. The van der Waals surface area contributed by atoms with Crippen molar-refractivity contribution in [1.29, 1.82) is 0 Å². The van der Waals surface area contributed by atoms with Crippen LogP contribution in [0.3, 0.4) is 0 Å². The predicted molar refractivity (Wildman–Crippen MR) is 201 cm³/mol. The van der Waals surface area contributed by atoms with Gasteiger partial charge >= 0.3 is 0 Å². The first-order valence-corrected chi connectivity index (χ1v) is 16.4. The molecule has 0 radical (unpaired) electrons. The number of hydrogen-bond donors (Lipinski definition) is 1. The number of rotatable bonds is 5. The molecule has 226 valence electrons. The van der Waals surface area contributed by atoms with E-state index in [1.807, 2.05) is 18.3 Å². The van der Waals surface area contributed by atoms with E-state index in [0.717, 1.165) is 39.3 Å². The Hall–Kier alpha value is -6.32. The van der Waals surface area contributed by atoms with E-state index in [9.17, 15) is 0 Å². The Balaban J connectivity index is 1.10. The van der Waals surface area contributed by atoms with Crippen LogP contribution in [0.2, 0.25) is 0 Å². The number of nitrogens with zero attached hydrogens (tertiary/aromatic N) is 2. The van der Waals surface area contributed by atoms with Gasteiger partial charge in [0.15, 0.2) is 0 Å². The summed E-state index contributed by atoms with van der Waals surface area (Å²) < 4.78 is 0. The van der Waals surface area contributed by atoms with E-state index in [4.69, 9.17) is 9.98 Å². The molecule has 2 heterocycles. The normalized spacial score (nSPS) is 14.5. The van der Waals surface area contributed by atoms with Crippen LogP contribution in [-0.2, 0) is 0 Å². The summed E-state index contributed by atoms with van der Waals surface area (Å²) in [4.78, 5) is 9.88. The van der Waals surface area contributed by atoms with E-state index in [1.165, 1.54) is 43.6 Å². The number of benzene rings is 7. The summed E-state index contributed by atoms with van der Waals surface area (Å²) in [6.45, 7) is 0. The lowest BCUT2D eigenvalue weighted by Gasteiger charge is -2.24. The van der Waals surface area contributed by atoms with Crippen LogP contribution in [0.1, 0.15) is 22.7 Å². The summed E-state index contributed by atoms with van der Waals surface area (Å²) in [5, 5.41) is 9.77. The maximum absolute atomic E-state index is 5.14. The lowest BCUT2D eigenvalue weighted by atomic mass is 9.93. The third kappa shape index (κ3) is 5.03. The van der Waals surface area contributed by atoms with Gasteiger partial charge in [-0.1, -0.05) is 140 Å². The van der Waals surface area contributed by atoms with Crippen molar-refractivity contribution in [3.63, 3.8) is 0 Å². The second kappa shape index (κ2) is 11.8. The lowest BCUT2D eigenvalue weighted by molar-refractivity contribution is 0.781. The molecular weight excluding hydrogens is 583 g/mol. The third-order valence-corrected chi connectivity index (χ3v) is 9.33. The van der Waals surface area contributed by atoms with Gasteiger partial charge in [-0.25, -0.2) is 4.99 Å². The largest absolute Gasteiger partial charge is 0.359 e. The second-order valence-corrected chi connectivity index (χ2v) is 12.3. The van der Waals surface area contributed by atoms with Gasteiger partial charge in [-0.2, -0.15) is 0 Å². The van der Waals surface area contributed by atoms with Crippen molar-refractivity contribution in [3.05, 3.63) is 193 Å². The van der Waals surface area contributed by atoms with E-state index >= 15 is 0 Å². The van der Waals surface area contributed by atoms with Gasteiger partial charge < -0.3 is 5.32 Å². The van der Waals surface area contributed by atoms with E-state index < -0.39 is 0 Å². The van der Waals surface area contributed by atoms with Crippen molar-refractivity contribution in [2.75, 3.05) is 0 Å². The maximum Gasteiger partial charge on any atom is 0.134 e. The van der Waals surface area contributed by atoms with E-state index in [0.29, 0.717) is 0 Å². The number of aromatic nitrogens is 1. The molecule has 3 heteroatoms. The topological polar surface area (TPSA) is 37.3 Å². The standard InChI is InChI=1S/C45H31N3/c1-3-12-30(13-4-1)42-29-43(31-14-5-2-6-15-31)48-45(47-42)36-19-10-18-34(27-36)32-16-9-17-33(26-32)35-23-24-38-40-22-11-25-46-44(40)39-21-8-7-20-37(39)41(38)28-35/h1-29,42H,(H,47,48). The van der Waals surface area contributed by atoms with Gasteiger partial charge in [0.05, 0.1) is 17.3 Å². The molecule has 3 nitrogen and oxygen atoms in total. The molecule has 0 amide bonds. The van der Waals surface area contributed by atoms with Gasteiger partial charge in [0.1, 0.15) is 5.84 Å². The highest BCUT2D eigenvalue weighted by molar-refractivity contribution is 6.24. The van der Waals surface area contributed by atoms with Crippen molar-refractivity contribution in [1.82, 2.24) is 10.3 Å². The first-order chi connectivity index (χ1) is 23.8. The average Bonchev–Trinajstić information content (AvgIpc) is 3.18. The van der Waals surface area contributed by atoms with Crippen molar-refractivity contribution in [2.24, 2.45) is 4.99 Å². The van der Waals surface area contributed by atoms with Crippen LogP contribution in [0.15, 0.2) is 181 Å². The van der Waals surface area contributed by atoms with E-state index in [1.54, 1.807) is 0 Å². The SMILES string of the molecule is C1=C(c2ccccc2)N=C(c2cccc(-c3cccc(-c4ccc5c(c4)c4ccccc4c4ncccc54)c3)c2)NC1c1ccccc1. The van der Waals surface area contributed by atoms with Crippen LogP contribution in [0.5, 0.6) is 0 Å². The molecular formula is C45H31N3. The second-order valence-electron chi connectivity index (χ2n) is 12.3. The zero-order valence-electron chi connectivity index (χ0n) is 26.2. The first-order valence-electron chi connectivity index (χ1n) is 16.4. The van der Waals surface area contributed by atoms with Gasteiger partial charge in [-0.3, -0.25) is 4.98 Å². The fraction of sp³-hybridized carbons (Fsp3) is 0.0222. The zero-order valence-corrected chi connectivity index (χ0v) is 26.2. The van der Waals surface area contributed by atoms with Crippen LogP contribution in [-0.4, -0.2) is 10.8 Å². The molecule has 0 bridgehead atoms. The molecule has 1 aliphatic rings. The van der Waals surface area contributed by atoms with Gasteiger partial charge in [0.25, 0.3) is 0 Å². The molecule has 0 saturated carbocycles. The Morgan fingerprint density at radius 1 is 0.417 bits per heavy atom. The number of hydrogen-bond acceptors (Lipinski definition) is 3. The molecule has 0 saturated heterocycles. The lowest BCUT2D eigenvalue weighted by Crippen LogP contribution is -2.31. The third-order valence-electron chi connectivity index (χ3n) is 9.33. The number of nitrogens with one attached hydrogen (secondary N) is 1. The molecule has 0 fully saturated rings.